The van der Waals surface area contributed by atoms with Gasteiger partial charge in [0.15, 0.2) is 5.11 Å². The van der Waals surface area contributed by atoms with Crippen LogP contribution in [-0.2, 0) is 9.53 Å². The van der Waals surface area contributed by atoms with Crippen molar-refractivity contribution in [2.45, 2.75) is 19.9 Å². The maximum Gasteiger partial charge on any atom is 0.338 e. The summed E-state index contributed by atoms with van der Waals surface area (Å²) in [5, 5.41) is 6.78. The molecular formula is C21H21BrN2O3S. The average molecular weight is 461 g/mol. The average Bonchev–Trinajstić information content (AvgIpc) is 2.70. The van der Waals surface area contributed by atoms with Gasteiger partial charge in [0, 0.05) is 4.47 Å². The Labute approximate surface area is 178 Å². The van der Waals surface area contributed by atoms with Gasteiger partial charge in [-0.05, 0) is 55.4 Å². The molecule has 0 radical (unpaired) electrons. The normalized spacial score (nSPS) is 16.2. The van der Waals surface area contributed by atoms with Crippen LogP contribution in [-0.4, -0.2) is 24.3 Å². The van der Waals surface area contributed by atoms with Gasteiger partial charge < -0.3 is 20.1 Å². The van der Waals surface area contributed by atoms with E-state index in [1.54, 1.807) is 6.92 Å². The van der Waals surface area contributed by atoms with E-state index in [2.05, 4.69) is 26.6 Å². The summed E-state index contributed by atoms with van der Waals surface area (Å²) in [5.41, 5.74) is 2.81. The van der Waals surface area contributed by atoms with E-state index in [4.69, 9.17) is 21.7 Å². The lowest BCUT2D eigenvalue weighted by atomic mass is 9.92. The topological polar surface area (TPSA) is 59.6 Å². The van der Waals surface area contributed by atoms with E-state index in [1.165, 1.54) is 0 Å². The van der Waals surface area contributed by atoms with Gasteiger partial charge in [0.1, 0.15) is 5.75 Å². The number of rotatable bonds is 6. The van der Waals surface area contributed by atoms with Gasteiger partial charge in [-0.25, -0.2) is 4.79 Å². The molecule has 0 saturated carbocycles. The number of ether oxygens (including phenoxy) is 2. The van der Waals surface area contributed by atoms with Crippen molar-refractivity contribution in [1.82, 2.24) is 10.6 Å². The standard InChI is InChI=1S/C21H21BrN2O3S/c1-3-26-14-10-11-16(22)15(12-14)19-17(20(25)27-4-2)18(23-21(28)24-19)13-8-6-5-7-9-13/h5-12,19H,3-4H2,1-2H3,(H2,23,24,28)/t19-/m1/s1. The van der Waals surface area contributed by atoms with Crippen molar-refractivity contribution in [3.63, 3.8) is 0 Å². The van der Waals surface area contributed by atoms with Crippen molar-refractivity contribution in [1.29, 1.82) is 0 Å². The largest absolute Gasteiger partial charge is 0.494 e. The number of esters is 1. The van der Waals surface area contributed by atoms with Crippen molar-refractivity contribution in [3.8, 4) is 5.75 Å². The van der Waals surface area contributed by atoms with E-state index in [0.29, 0.717) is 23.0 Å². The maximum atomic E-state index is 12.9. The molecule has 7 heteroatoms. The van der Waals surface area contributed by atoms with Gasteiger partial charge in [-0.3, -0.25) is 0 Å². The minimum atomic E-state index is -0.488. The minimum absolute atomic E-state index is 0.279. The Morgan fingerprint density at radius 1 is 1.14 bits per heavy atom. The predicted octanol–water partition coefficient (Wildman–Crippen LogP) is 4.34. The third kappa shape index (κ3) is 4.36. The van der Waals surface area contributed by atoms with E-state index in [9.17, 15) is 4.79 Å². The molecule has 3 rings (SSSR count). The van der Waals surface area contributed by atoms with Crippen LogP contribution in [0.2, 0.25) is 0 Å². The summed E-state index contributed by atoms with van der Waals surface area (Å²) in [6.45, 7) is 4.55. The first-order valence-corrected chi connectivity index (χ1v) is 10.2. The summed E-state index contributed by atoms with van der Waals surface area (Å²) in [5.74, 6) is 0.319. The van der Waals surface area contributed by atoms with Crippen molar-refractivity contribution in [3.05, 3.63) is 69.7 Å². The first-order valence-electron chi connectivity index (χ1n) is 9.01. The maximum absolute atomic E-state index is 12.9. The van der Waals surface area contributed by atoms with Crippen LogP contribution in [0.15, 0.2) is 58.6 Å². The van der Waals surface area contributed by atoms with Crippen LogP contribution in [0.5, 0.6) is 5.75 Å². The molecule has 1 aliphatic rings. The van der Waals surface area contributed by atoms with Crippen LogP contribution >= 0.6 is 28.1 Å². The summed E-state index contributed by atoms with van der Waals surface area (Å²) < 4.78 is 11.9. The van der Waals surface area contributed by atoms with Crippen LogP contribution in [0.1, 0.15) is 31.0 Å². The third-order valence-corrected chi connectivity index (χ3v) is 5.16. The van der Waals surface area contributed by atoms with E-state index in [-0.39, 0.29) is 6.61 Å². The van der Waals surface area contributed by atoms with Gasteiger partial charge in [-0.2, -0.15) is 0 Å². The van der Waals surface area contributed by atoms with Gasteiger partial charge in [-0.1, -0.05) is 46.3 Å². The van der Waals surface area contributed by atoms with Gasteiger partial charge in [0.25, 0.3) is 0 Å². The van der Waals surface area contributed by atoms with Crippen LogP contribution in [0.3, 0.4) is 0 Å². The molecule has 2 N–H and O–H groups in total. The number of benzene rings is 2. The highest BCUT2D eigenvalue weighted by atomic mass is 79.9. The lowest BCUT2D eigenvalue weighted by molar-refractivity contribution is -0.138. The Bertz CT molecular complexity index is 915. The second kappa shape index (κ2) is 9.21. The van der Waals surface area contributed by atoms with Crippen LogP contribution in [0.4, 0.5) is 0 Å². The highest BCUT2D eigenvalue weighted by Crippen LogP contribution is 2.37. The smallest absolute Gasteiger partial charge is 0.338 e. The van der Waals surface area contributed by atoms with Crippen molar-refractivity contribution < 1.29 is 14.3 Å². The van der Waals surface area contributed by atoms with Crippen molar-refractivity contribution in [2.24, 2.45) is 0 Å². The second-order valence-electron chi connectivity index (χ2n) is 6.02. The number of hydrogen-bond donors (Lipinski definition) is 2. The van der Waals surface area contributed by atoms with Gasteiger partial charge in [0.05, 0.1) is 30.5 Å². The third-order valence-electron chi connectivity index (χ3n) is 4.22. The number of nitrogens with one attached hydrogen (secondary N) is 2. The van der Waals surface area contributed by atoms with Crippen LogP contribution in [0.25, 0.3) is 5.70 Å². The molecule has 0 amide bonds. The zero-order valence-corrected chi connectivity index (χ0v) is 18.0. The lowest BCUT2D eigenvalue weighted by Gasteiger charge is -2.32. The fourth-order valence-corrected chi connectivity index (χ4v) is 3.75. The molecule has 1 heterocycles. The molecule has 1 aliphatic heterocycles. The molecule has 0 unspecified atom stereocenters. The van der Waals surface area contributed by atoms with Gasteiger partial charge in [0.2, 0.25) is 0 Å². The molecule has 0 saturated heterocycles. The Kier molecular flexibility index (Phi) is 6.70. The fourth-order valence-electron chi connectivity index (χ4n) is 3.06. The molecule has 2 aromatic rings. The van der Waals surface area contributed by atoms with E-state index in [1.807, 2.05) is 55.5 Å². The number of carbonyl (C=O) groups excluding carboxylic acids is 1. The second-order valence-corrected chi connectivity index (χ2v) is 7.29. The molecular weight excluding hydrogens is 440 g/mol. The molecule has 28 heavy (non-hydrogen) atoms. The SMILES string of the molecule is CCOC(=O)C1=C(c2ccccc2)NC(=S)N[C@@H]1c1cc(OCC)ccc1Br. The van der Waals surface area contributed by atoms with Gasteiger partial charge >= 0.3 is 5.97 Å². The zero-order chi connectivity index (χ0) is 20.1. The van der Waals surface area contributed by atoms with E-state index >= 15 is 0 Å². The molecule has 0 aliphatic carbocycles. The van der Waals surface area contributed by atoms with Crippen LogP contribution in [0, 0.1) is 0 Å². The lowest BCUT2D eigenvalue weighted by Crippen LogP contribution is -2.45. The Balaban J connectivity index is 2.19. The molecule has 146 valence electrons. The minimum Gasteiger partial charge on any atom is -0.494 e. The zero-order valence-electron chi connectivity index (χ0n) is 15.6. The Morgan fingerprint density at radius 2 is 1.89 bits per heavy atom. The van der Waals surface area contributed by atoms with E-state index < -0.39 is 12.0 Å². The van der Waals surface area contributed by atoms with Crippen molar-refractivity contribution in [2.75, 3.05) is 13.2 Å². The number of halogens is 1. The molecule has 0 aromatic heterocycles. The predicted molar refractivity (Wildman–Crippen MR) is 117 cm³/mol. The molecule has 1 atom stereocenters. The molecule has 0 fully saturated rings. The summed E-state index contributed by atoms with van der Waals surface area (Å²) in [6, 6.07) is 14.8. The fraction of sp³-hybridized carbons (Fsp3) is 0.238. The summed E-state index contributed by atoms with van der Waals surface area (Å²) in [7, 11) is 0. The van der Waals surface area contributed by atoms with Crippen molar-refractivity contribution >= 4 is 44.9 Å². The number of carbonyl (C=O) groups is 1. The van der Waals surface area contributed by atoms with Crippen LogP contribution < -0.4 is 15.4 Å². The summed E-state index contributed by atoms with van der Waals surface area (Å²) >= 11 is 9.03. The van der Waals surface area contributed by atoms with E-state index in [0.717, 1.165) is 21.3 Å². The summed E-state index contributed by atoms with van der Waals surface area (Å²) in [6.07, 6.45) is 0. The molecule has 0 bridgehead atoms. The molecule has 0 spiro atoms. The first-order chi connectivity index (χ1) is 13.5. The molecule has 2 aromatic carbocycles. The number of hydrogen-bond acceptors (Lipinski definition) is 4. The monoisotopic (exact) mass is 460 g/mol. The quantitative estimate of drug-likeness (QED) is 0.493. The highest BCUT2D eigenvalue weighted by Gasteiger charge is 2.34. The highest BCUT2D eigenvalue weighted by molar-refractivity contribution is 9.10. The summed E-state index contributed by atoms with van der Waals surface area (Å²) in [4.78, 5) is 12.9. The first kappa shape index (κ1) is 20.4. The Hall–Kier alpha value is -2.38. The van der Waals surface area contributed by atoms with Gasteiger partial charge in [-0.15, -0.1) is 0 Å². The molecule has 5 nitrogen and oxygen atoms in total. The Morgan fingerprint density at radius 3 is 2.57 bits per heavy atom. The number of thiocarbonyl (C=S) groups is 1.